The maximum Gasteiger partial charge on any atom is 0.329 e. The maximum absolute atomic E-state index is 11.5. The van der Waals surface area contributed by atoms with Crippen molar-refractivity contribution in [2.24, 2.45) is 0 Å². The summed E-state index contributed by atoms with van der Waals surface area (Å²) < 4.78 is 35.9. The molecule has 4 rings (SSSR count). The number of benzene rings is 3. The van der Waals surface area contributed by atoms with Crippen LogP contribution in [0.1, 0.15) is 18.4 Å². The molecule has 38 heavy (non-hydrogen) atoms. The Hall–Kier alpha value is -3.75. The average molecular weight is 523 g/mol. The maximum atomic E-state index is 11.5. The summed E-state index contributed by atoms with van der Waals surface area (Å²) in [6, 6.07) is 24.8. The Morgan fingerprint density at radius 3 is 1.74 bits per heavy atom. The quantitative estimate of drug-likeness (QED) is 0.473. The minimum Gasteiger partial charge on any atom is -0.487 e. The number of hydrogen-bond donors (Lipinski definition) is 1. The van der Waals surface area contributed by atoms with Crippen LogP contribution >= 0.6 is 0 Å². The Balaban J connectivity index is 1.60. The topological polar surface area (TPSA) is 92.7 Å². The molecule has 0 radical (unpaired) electrons. The fraction of sp³-hybridized carbons (Fsp3) is 0.367. The van der Waals surface area contributed by atoms with E-state index in [1.165, 1.54) is 5.56 Å². The summed E-state index contributed by atoms with van der Waals surface area (Å²) in [6.07, 6.45) is 2.05. The Morgan fingerprint density at radius 2 is 1.21 bits per heavy atom. The van der Waals surface area contributed by atoms with Crippen LogP contribution in [0.2, 0.25) is 0 Å². The van der Waals surface area contributed by atoms with E-state index in [4.69, 9.17) is 28.4 Å². The van der Waals surface area contributed by atoms with Gasteiger partial charge in [-0.25, -0.2) is 4.79 Å². The molecule has 1 aliphatic rings. The average Bonchev–Trinajstić information content (AvgIpc) is 2.94. The van der Waals surface area contributed by atoms with Crippen molar-refractivity contribution in [3.8, 4) is 23.0 Å². The van der Waals surface area contributed by atoms with Gasteiger partial charge in [0.2, 0.25) is 0 Å². The summed E-state index contributed by atoms with van der Waals surface area (Å²) in [5.41, 5.74) is 0.142. The molecule has 1 aliphatic heterocycles. The van der Waals surface area contributed by atoms with Gasteiger partial charge in [0, 0.05) is 0 Å². The van der Waals surface area contributed by atoms with Gasteiger partial charge in [-0.1, -0.05) is 54.6 Å². The van der Waals surface area contributed by atoms with E-state index in [9.17, 15) is 9.90 Å². The van der Waals surface area contributed by atoms with Crippen LogP contribution in [0.4, 0.5) is 0 Å². The van der Waals surface area contributed by atoms with Crippen LogP contribution in [-0.4, -0.2) is 62.9 Å². The second-order valence-electron chi connectivity index (χ2n) is 8.98. The molecule has 3 aromatic rings. The highest BCUT2D eigenvalue weighted by molar-refractivity contribution is 5.68. The van der Waals surface area contributed by atoms with E-state index in [0.29, 0.717) is 55.8 Å². The van der Waals surface area contributed by atoms with Crippen molar-refractivity contribution in [1.29, 1.82) is 0 Å². The molecule has 8 nitrogen and oxygen atoms in total. The second kappa shape index (κ2) is 14.3. The van der Waals surface area contributed by atoms with Crippen molar-refractivity contribution < 1.29 is 38.3 Å². The summed E-state index contributed by atoms with van der Waals surface area (Å²) in [5.74, 6) is 1.15. The lowest BCUT2D eigenvalue weighted by molar-refractivity contribution is -0.156. The van der Waals surface area contributed by atoms with Crippen molar-refractivity contribution >= 4 is 5.97 Å². The predicted octanol–water partition coefficient (Wildman–Crippen LogP) is 4.80. The second-order valence-corrected chi connectivity index (χ2v) is 8.98. The van der Waals surface area contributed by atoms with E-state index >= 15 is 0 Å². The first-order valence-corrected chi connectivity index (χ1v) is 12.8. The molecule has 0 atom stereocenters. The molecular weight excluding hydrogens is 488 g/mol. The third kappa shape index (κ3) is 8.39. The number of ether oxygens (including phenoxy) is 6. The lowest BCUT2D eigenvalue weighted by Crippen LogP contribution is -2.46. The fourth-order valence-corrected chi connectivity index (χ4v) is 4.13. The molecule has 0 fully saturated rings. The van der Waals surface area contributed by atoms with E-state index < -0.39 is 18.2 Å². The SMILES string of the molecule is O=C(O)COC1(CCCc2ccccc2)COc2ccccc2OCCOCCOc2ccccc2OC1. The van der Waals surface area contributed by atoms with Crippen LogP contribution in [0.3, 0.4) is 0 Å². The third-order valence-electron chi connectivity index (χ3n) is 6.09. The highest BCUT2D eigenvalue weighted by Crippen LogP contribution is 2.32. The molecule has 0 saturated carbocycles. The fourth-order valence-electron chi connectivity index (χ4n) is 4.13. The number of carbonyl (C=O) groups is 1. The normalized spacial score (nSPS) is 15.9. The molecule has 1 heterocycles. The molecule has 0 amide bonds. The van der Waals surface area contributed by atoms with Crippen LogP contribution < -0.4 is 18.9 Å². The number of hydrogen-bond acceptors (Lipinski definition) is 7. The number of aryl methyl sites for hydroxylation is 1. The molecule has 0 bridgehead atoms. The number of carboxylic acid groups (broad SMARTS) is 1. The third-order valence-corrected chi connectivity index (χ3v) is 6.09. The molecule has 0 aliphatic carbocycles. The lowest BCUT2D eigenvalue weighted by atomic mass is 9.96. The van der Waals surface area contributed by atoms with Crippen LogP contribution in [-0.2, 0) is 20.7 Å². The highest BCUT2D eigenvalue weighted by atomic mass is 16.6. The molecule has 8 heteroatoms. The van der Waals surface area contributed by atoms with Crippen molar-refractivity contribution in [2.45, 2.75) is 24.9 Å². The van der Waals surface area contributed by atoms with Crippen molar-refractivity contribution in [3.63, 3.8) is 0 Å². The van der Waals surface area contributed by atoms with E-state index in [2.05, 4.69) is 12.1 Å². The van der Waals surface area contributed by atoms with Crippen LogP contribution in [0.5, 0.6) is 23.0 Å². The van der Waals surface area contributed by atoms with Gasteiger partial charge in [-0.15, -0.1) is 0 Å². The Bertz CT molecular complexity index is 1080. The minimum absolute atomic E-state index is 0.0645. The Morgan fingerprint density at radius 1 is 0.711 bits per heavy atom. The van der Waals surface area contributed by atoms with Gasteiger partial charge in [0.1, 0.15) is 38.6 Å². The van der Waals surface area contributed by atoms with Gasteiger partial charge in [-0.3, -0.25) is 0 Å². The Kier molecular flexibility index (Phi) is 10.2. The van der Waals surface area contributed by atoms with Gasteiger partial charge in [0.15, 0.2) is 23.0 Å². The number of carboxylic acids is 1. The standard InChI is InChI=1S/C30H34O8/c31-29(32)21-38-30(16-8-11-24-9-2-1-3-10-24)22-36-27-14-6-4-12-25(27)34-19-17-33-18-20-35-26-13-5-7-15-28(26)37-23-30/h1-7,9-10,12-15H,8,11,16-23H2,(H,31,32). The molecule has 202 valence electrons. The monoisotopic (exact) mass is 522 g/mol. The van der Waals surface area contributed by atoms with E-state index in [-0.39, 0.29) is 13.2 Å². The lowest BCUT2D eigenvalue weighted by Gasteiger charge is -2.33. The summed E-state index contributed by atoms with van der Waals surface area (Å²) in [4.78, 5) is 11.5. The first-order chi connectivity index (χ1) is 18.6. The van der Waals surface area contributed by atoms with E-state index in [0.717, 1.165) is 12.8 Å². The zero-order chi connectivity index (χ0) is 26.5. The summed E-state index contributed by atoms with van der Waals surface area (Å²) in [6.45, 7) is 1.12. The van der Waals surface area contributed by atoms with Crippen LogP contribution in [0, 0.1) is 0 Å². The molecule has 0 aromatic heterocycles. The van der Waals surface area contributed by atoms with E-state index in [1.54, 1.807) is 0 Å². The molecule has 0 spiro atoms. The summed E-state index contributed by atoms with van der Waals surface area (Å²) >= 11 is 0. The number of fused-ring (bicyclic) bond motifs is 2. The van der Waals surface area contributed by atoms with Gasteiger partial charge in [0.05, 0.1) is 13.2 Å². The van der Waals surface area contributed by atoms with Crippen molar-refractivity contribution in [1.82, 2.24) is 0 Å². The largest absolute Gasteiger partial charge is 0.487 e. The molecule has 0 unspecified atom stereocenters. The van der Waals surface area contributed by atoms with Crippen LogP contribution in [0.25, 0.3) is 0 Å². The van der Waals surface area contributed by atoms with Gasteiger partial charge in [-0.2, -0.15) is 0 Å². The summed E-state index contributed by atoms with van der Waals surface area (Å²) in [5, 5.41) is 9.45. The van der Waals surface area contributed by atoms with E-state index in [1.807, 2.05) is 66.7 Å². The highest BCUT2D eigenvalue weighted by Gasteiger charge is 2.35. The Labute approximate surface area is 223 Å². The number of rotatable bonds is 7. The smallest absolute Gasteiger partial charge is 0.329 e. The summed E-state index contributed by atoms with van der Waals surface area (Å²) in [7, 11) is 0. The number of aliphatic carboxylic acids is 1. The van der Waals surface area contributed by atoms with Gasteiger partial charge in [0.25, 0.3) is 0 Å². The van der Waals surface area contributed by atoms with Gasteiger partial charge in [-0.05, 0) is 49.1 Å². The predicted molar refractivity (Wildman–Crippen MR) is 141 cm³/mol. The first-order valence-electron chi connectivity index (χ1n) is 12.8. The minimum atomic E-state index is -1.06. The van der Waals surface area contributed by atoms with Crippen molar-refractivity contribution in [2.75, 3.05) is 46.2 Å². The zero-order valence-electron chi connectivity index (χ0n) is 21.4. The van der Waals surface area contributed by atoms with Crippen molar-refractivity contribution in [3.05, 3.63) is 84.4 Å². The van der Waals surface area contributed by atoms with Crippen LogP contribution in [0.15, 0.2) is 78.9 Å². The molecular formula is C30H34O8. The van der Waals surface area contributed by atoms with Gasteiger partial charge >= 0.3 is 5.97 Å². The first kappa shape index (κ1) is 27.3. The zero-order valence-corrected chi connectivity index (χ0v) is 21.4. The van der Waals surface area contributed by atoms with Gasteiger partial charge < -0.3 is 33.5 Å². The number of para-hydroxylation sites is 4. The molecule has 3 aromatic carbocycles. The molecule has 1 N–H and O–H groups in total. The molecule has 0 saturated heterocycles.